The molecule has 1 heterocycles. The maximum atomic E-state index is 4.21. The van der Waals surface area contributed by atoms with Crippen molar-refractivity contribution in [3.63, 3.8) is 0 Å². The second-order valence-corrected chi connectivity index (χ2v) is 6.46. The van der Waals surface area contributed by atoms with Gasteiger partial charge in [-0.15, -0.1) is 0 Å². The molecule has 96 valence electrons. The summed E-state index contributed by atoms with van der Waals surface area (Å²) in [4.78, 5) is 4.21. The molecule has 0 aromatic carbocycles. The fourth-order valence-electron chi connectivity index (χ4n) is 2.41. The zero-order valence-electron chi connectivity index (χ0n) is 11.9. The van der Waals surface area contributed by atoms with Crippen LogP contribution in [-0.4, -0.2) is 17.6 Å². The highest BCUT2D eigenvalue weighted by molar-refractivity contribution is 5.54. The number of nitrogens with zero attached hydrogens (tertiary/aromatic N) is 1. The molecule has 0 aliphatic rings. The summed E-state index contributed by atoms with van der Waals surface area (Å²) in [5.74, 6) is 0. The van der Waals surface area contributed by atoms with E-state index in [9.17, 15) is 0 Å². The Morgan fingerprint density at radius 3 is 2.18 bits per heavy atom. The van der Waals surface area contributed by atoms with E-state index in [0.717, 1.165) is 17.8 Å². The van der Waals surface area contributed by atoms with Crippen molar-refractivity contribution in [1.29, 1.82) is 0 Å². The summed E-state index contributed by atoms with van der Waals surface area (Å²) in [6.45, 7) is 11.2. The van der Waals surface area contributed by atoms with E-state index in [-0.39, 0.29) is 5.54 Å². The molecule has 0 fully saturated rings. The first-order chi connectivity index (χ1) is 7.72. The molecule has 0 saturated heterocycles. The molecule has 0 aliphatic heterocycles. The molecule has 1 aromatic rings. The number of nitrogens with one attached hydrogen (secondary N) is 2. The van der Waals surface area contributed by atoms with Crippen LogP contribution in [0, 0.1) is 5.41 Å². The smallest absolute Gasteiger partial charge is 0.0551 e. The van der Waals surface area contributed by atoms with Gasteiger partial charge in [-0.3, -0.25) is 4.98 Å². The predicted octanol–water partition coefficient (Wildman–Crippen LogP) is 3.75. The van der Waals surface area contributed by atoms with E-state index in [1.807, 2.05) is 19.4 Å². The van der Waals surface area contributed by atoms with Crippen molar-refractivity contribution in [3.05, 3.63) is 18.5 Å². The van der Waals surface area contributed by atoms with E-state index < -0.39 is 0 Å². The van der Waals surface area contributed by atoms with Crippen LogP contribution in [0.5, 0.6) is 0 Å². The minimum atomic E-state index is 0.0618. The first-order valence-electron chi connectivity index (χ1n) is 6.13. The standard InChI is InChI=1S/C14H25N3/c1-13(2,3)10-14(4,5)17-12-7-11(15-6)8-16-9-12/h7-9,15,17H,10H2,1-6H3. The van der Waals surface area contributed by atoms with E-state index in [1.54, 1.807) is 0 Å². The molecule has 0 unspecified atom stereocenters. The van der Waals surface area contributed by atoms with Crippen LogP contribution in [-0.2, 0) is 0 Å². The summed E-state index contributed by atoms with van der Waals surface area (Å²) in [6.07, 6.45) is 4.79. The number of pyridine rings is 1. The van der Waals surface area contributed by atoms with Crippen LogP contribution in [0.1, 0.15) is 41.0 Å². The third kappa shape index (κ3) is 5.07. The van der Waals surface area contributed by atoms with Gasteiger partial charge in [-0.25, -0.2) is 0 Å². The molecule has 2 N–H and O–H groups in total. The molecule has 0 spiro atoms. The molecule has 0 bridgehead atoms. The van der Waals surface area contributed by atoms with Crippen molar-refractivity contribution in [2.75, 3.05) is 17.7 Å². The lowest BCUT2D eigenvalue weighted by Crippen LogP contribution is -2.35. The molecule has 3 heteroatoms. The van der Waals surface area contributed by atoms with Gasteiger partial charge in [0.1, 0.15) is 0 Å². The first kappa shape index (κ1) is 13.8. The van der Waals surface area contributed by atoms with Crippen molar-refractivity contribution in [1.82, 2.24) is 4.98 Å². The van der Waals surface area contributed by atoms with Crippen molar-refractivity contribution >= 4 is 11.4 Å². The van der Waals surface area contributed by atoms with Crippen LogP contribution >= 0.6 is 0 Å². The highest BCUT2D eigenvalue weighted by Gasteiger charge is 2.25. The van der Waals surface area contributed by atoms with Gasteiger partial charge in [-0.2, -0.15) is 0 Å². The molecule has 1 rings (SSSR count). The van der Waals surface area contributed by atoms with Crippen LogP contribution in [0.2, 0.25) is 0 Å². The van der Waals surface area contributed by atoms with Gasteiger partial charge in [0.15, 0.2) is 0 Å². The SMILES string of the molecule is CNc1cncc(NC(C)(C)CC(C)(C)C)c1. The number of hydrogen-bond donors (Lipinski definition) is 2. The van der Waals surface area contributed by atoms with Gasteiger partial charge in [0.2, 0.25) is 0 Å². The van der Waals surface area contributed by atoms with Crippen LogP contribution < -0.4 is 10.6 Å². The van der Waals surface area contributed by atoms with E-state index in [0.29, 0.717) is 5.41 Å². The second kappa shape index (κ2) is 4.94. The van der Waals surface area contributed by atoms with E-state index >= 15 is 0 Å². The predicted molar refractivity (Wildman–Crippen MR) is 75.6 cm³/mol. The summed E-state index contributed by atoms with van der Waals surface area (Å²) < 4.78 is 0. The normalized spacial score (nSPS) is 12.4. The highest BCUT2D eigenvalue weighted by atomic mass is 15.0. The average Bonchev–Trinajstić information content (AvgIpc) is 2.13. The zero-order chi connectivity index (χ0) is 13.1. The summed E-state index contributed by atoms with van der Waals surface area (Å²) in [5.41, 5.74) is 2.46. The van der Waals surface area contributed by atoms with Gasteiger partial charge in [0.05, 0.1) is 23.8 Å². The van der Waals surface area contributed by atoms with Gasteiger partial charge in [0.25, 0.3) is 0 Å². The molecule has 3 nitrogen and oxygen atoms in total. The van der Waals surface area contributed by atoms with Crippen molar-refractivity contribution < 1.29 is 0 Å². The van der Waals surface area contributed by atoms with Gasteiger partial charge in [-0.05, 0) is 31.7 Å². The van der Waals surface area contributed by atoms with Crippen molar-refractivity contribution in [2.45, 2.75) is 46.6 Å². The molecule has 0 saturated carbocycles. The Morgan fingerprint density at radius 2 is 1.65 bits per heavy atom. The number of rotatable bonds is 4. The molecule has 0 aliphatic carbocycles. The molecular formula is C14H25N3. The first-order valence-corrected chi connectivity index (χ1v) is 6.13. The highest BCUT2D eigenvalue weighted by Crippen LogP contribution is 2.29. The van der Waals surface area contributed by atoms with Crippen molar-refractivity contribution in [3.8, 4) is 0 Å². The minimum Gasteiger partial charge on any atom is -0.387 e. The van der Waals surface area contributed by atoms with Gasteiger partial charge in [-0.1, -0.05) is 20.8 Å². The average molecular weight is 235 g/mol. The Morgan fingerprint density at radius 1 is 1.06 bits per heavy atom. The Kier molecular flexibility index (Phi) is 4.02. The second-order valence-electron chi connectivity index (χ2n) is 6.46. The molecule has 0 atom stereocenters. The van der Waals surface area contributed by atoms with Gasteiger partial charge in [0, 0.05) is 12.6 Å². The monoisotopic (exact) mass is 235 g/mol. The summed E-state index contributed by atoms with van der Waals surface area (Å²) in [5, 5.41) is 6.65. The van der Waals surface area contributed by atoms with Gasteiger partial charge < -0.3 is 10.6 Å². The summed E-state index contributed by atoms with van der Waals surface area (Å²) in [6, 6.07) is 2.08. The van der Waals surface area contributed by atoms with E-state index in [1.165, 1.54) is 0 Å². The van der Waals surface area contributed by atoms with E-state index in [4.69, 9.17) is 0 Å². The van der Waals surface area contributed by atoms with E-state index in [2.05, 4.69) is 56.3 Å². The summed E-state index contributed by atoms with van der Waals surface area (Å²) >= 11 is 0. The molecule has 17 heavy (non-hydrogen) atoms. The van der Waals surface area contributed by atoms with Gasteiger partial charge >= 0.3 is 0 Å². The third-order valence-electron chi connectivity index (χ3n) is 2.48. The Bertz CT molecular complexity index is 364. The zero-order valence-corrected chi connectivity index (χ0v) is 11.9. The molecule has 1 aromatic heterocycles. The topological polar surface area (TPSA) is 37.0 Å². The fourth-order valence-corrected chi connectivity index (χ4v) is 2.41. The summed E-state index contributed by atoms with van der Waals surface area (Å²) in [7, 11) is 1.90. The van der Waals surface area contributed by atoms with Crippen molar-refractivity contribution in [2.24, 2.45) is 5.41 Å². The quantitative estimate of drug-likeness (QED) is 0.834. The number of hydrogen-bond acceptors (Lipinski definition) is 3. The minimum absolute atomic E-state index is 0.0618. The maximum absolute atomic E-state index is 4.21. The number of anilines is 2. The Labute approximate surface area is 105 Å². The lowest BCUT2D eigenvalue weighted by Gasteiger charge is -2.34. The largest absolute Gasteiger partial charge is 0.387 e. The van der Waals surface area contributed by atoms with Crippen LogP contribution in [0.3, 0.4) is 0 Å². The fraction of sp³-hybridized carbons (Fsp3) is 0.643. The lowest BCUT2D eigenvalue weighted by molar-refractivity contribution is 0.302. The van der Waals surface area contributed by atoms with Crippen LogP contribution in [0.25, 0.3) is 0 Å². The molecule has 0 radical (unpaired) electrons. The number of aromatic nitrogens is 1. The molecule has 0 amide bonds. The van der Waals surface area contributed by atoms with Crippen LogP contribution in [0.4, 0.5) is 11.4 Å². The Balaban J connectivity index is 2.75. The molecular weight excluding hydrogens is 210 g/mol. The lowest BCUT2D eigenvalue weighted by atomic mass is 9.82. The maximum Gasteiger partial charge on any atom is 0.0551 e. The Hall–Kier alpha value is -1.25. The third-order valence-corrected chi connectivity index (χ3v) is 2.48. The van der Waals surface area contributed by atoms with Crippen LogP contribution in [0.15, 0.2) is 18.5 Å².